The van der Waals surface area contributed by atoms with Gasteiger partial charge in [0, 0.05) is 24.7 Å². The molecule has 5 nitrogen and oxygen atoms in total. The monoisotopic (exact) mass is 266 g/mol. The number of amides is 1. The van der Waals surface area contributed by atoms with Crippen molar-refractivity contribution in [2.45, 2.75) is 6.04 Å². The van der Waals surface area contributed by atoms with Crippen molar-refractivity contribution >= 4 is 19.2 Å². The molecule has 1 aliphatic heterocycles. The highest BCUT2D eigenvalue weighted by Crippen LogP contribution is 2.16. The van der Waals surface area contributed by atoms with Crippen LogP contribution in [0.1, 0.15) is 10.5 Å². The highest BCUT2D eigenvalue weighted by molar-refractivity contribution is 6.32. The average molecular weight is 266 g/mol. The number of hydrogen-bond donors (Lipinski definition) is 1. The van der Waals surface area contributed by atoms with E-state index in [-0.39, 0.29) is 11.9 Å². The third-order valence-electron chi connectivity index (χ3n) is 3.43. The van der Waals surface area contributed by atoms with Crippen LogP contribution in [-0.2, 0) is 0 Å². The van der Waals surface area contributed by atoms with E-state index in [9.17, 15) is 4.79 Å². The molecule has 1 aromatic heterocycles. The molecule has 3 rings (SSSR count). The van der Waals surface area contributed by atoms with E-state index in [2.05, 4.69) is 10.2 Å². The van der Waals surface area contributed by atoms with Crippen molar-refractivity contribution in [2.75, 3.05) is 13.1 Å². The fourth-order valence-electron chi connectivity index (χ4n) is 2.17. The van der Waals surface area contributed by atoms with E-state index in [0.29, 0.717) is 18.8 Å². The number of likely N-dealkylation sites (tertiary alicyclic amines) is 1. The standard InChI is InChI=1S/C14H15BN4O/c15-10-3-1-9(2-4-10)12-5-6-13(18-17-12)14(20)19-7-11(16)8-19/h1-6,11H,7-8,15-16H2. The van der Waals surface area contributed by atoms with Gasteiger partial charge in [-0.15, -0.1) is 10.2 Å². The van der Waals surface area contributed by atoms with Crippen molar-refractivity contribution in [3.05, 3.63) is 42.1 Å². The molecule has 100 valence electrons. The SMILES string of the molecule is Bc1ccc(-c2ccc(C(=O)N3CC(N)C3)nn2)cc1. The summed E-state index contributed by atoms with van der Waals surface area (Å²) in [5.74, 6) is -0.102. The minimum Gasteiger partial charge on any atom is -0.334 e. The summed E-state index contributed by atoms with van der Waals surface area (Å²) in [5.41, 5.74) is 8.99. The lowest BCUT2D eigenvalue weighted by Gasteiger charge is -2.36. The van der Waals surface area contributed by atoms with Gasteiger partial charge in [0.25, 0.3) is 5.91 Å². The van der Waals surface area contributed by atoms with Crippen molar-refractivity contribution < 1.29 is 4.79 Å². The second-order valence-corrected chi connectivity index (χ2v) is 5.14. The average Bonchev–Trinajstić information content (AvgIpc) is 2.44. The number of carbonyl (C=O) groups is 1. The summed E-state index contributed by atoms with van der Waals surface area (Å²) in [6.45, 7) is 1.19. The lowest BCUT2D eigenvalue weighted by atomic mass is 9.95. The molecular weight excluding hydrogens is 251 g/mol. The van der Waals surface area contributed by atoms with E-state index >= 15 is 0 Å². The Morgan fingerprint density at radius 1 is 1.15 bits per heavy atom. The molecule has 20 heavy (non-hydrogen) atoms. The molecule has 0 atom stereocenters. The maximum absolute atomic E-state index is 12.0. The second kappa shape index (κ2) is 5.05. The highest BCUT2D eigenvalue weighted by Gasteiger charge is 2.29. The predicted octanol–water partition coefficient (Wildman–Crippen LogP) is -0.815. The Bertz CT molecular complexity index is 621. The third kappa shape index (κ3) is 2.42. The van der Waals surface area contributed by atoms with Gasteiger partial charge in [-0.3, -0.25) is 4.79 Å². The van der Waals surface area contributed by atoms with Crippen molar-refractivity contribution in [3.8, 4) is 11.3 Å². The Hall–Kier alpha value is -2.21. The topological polar surface area (TPSA) is 72.1 Å². The lowest BCUT2D eigenvalue weighted by molar-refractivity contribution is 0.0601. The Morgan fingerprint density at radius 3 is 2.40 bits per heavy atom. The molecule has 1 aromatic carbocycles. The minimum absolute atomic E-state index is 0.0961. The molecule has 0 aliphatic carbocycles. The summed E-state index contributed by atoms with van der Waals surface area (Å²) < 4.78 is 0. The van der Waals surface area contributed by atoms with E-state index in [0.717, 1.165) is 11.3 Å². The largest absolute Gasteiger partial charge is 0.334 e. The van der Waals surface area contributed by atoms with Gasteiger partial charge in [0.1, 0.15) is 7.85 Å². The number of benzene rings is 1. The number of nitrogens with two attached hydrogens (primary N) is 1. The van der Waals surface area contributed by atoms with Gasteiger partial charge in [-0.05, 0) is 12.1 Å². The number of carbonyl (C=O) groups excluding carboxylic acids is 1. The number of aromatic nitrogens is 2. The maximum Gasteiger partial charge on any atom is 0.274 e. The summed E-state index contributed by atoms with van der Waals surface area (Å²) in [6, 6.07) is 11.7. The first-order valence-electron chi connectivity index (χ1n) is 6.59. The first-order chi connectivity index (χ1) is 9.63. The first-order valence-corrected chi connectivity index (χ1v) is 6.59. The van der Waals surface area contributed by atoms with Crippen molar-refractivity contribution in [2.24, 2.45) is 5.73 Å². The zero-order valence-corrected chi connectivity index (χ0v) is 11.3. The van der Waals surface area contributed by atoms with Crippen LogP contribution in [0.3, 0.4) is 0 Å². The molecule has 0 bridgehead atoms. The maximum atomic E-state index is 12.0. The fourth-order valence-corrected chi connectivity index (χ4v) is 2.17. The fraction of sp³-hybridized carbons (Fsp3) is 0.214. The van der Waals surface area contributed by atoms with Crippen LogP contribution in [-0.4, -0.2) is 48.0 Å². The van der Waals surface area contributed by atoms with Crippen LogP contribution in [0.2, 0.25) is 0 Å². The first kappa shape index (κ1) is 12.8. The molecule has 0 radical (unpaired) electrons. The van der Waals surface area contributed by atoms with E-state index in [1.807, 2.05) is 38.2 Å². The minimum atomic E-state index is -0.102. The molecule has 2 heterocycles. The van der Waals surface area contributed by atoms with E-state index in [4.69, 9.17) is 5.73 Å². The third-order valence-corrected chi connectivity index (χ3v) is 3.43. The van der Waals surface area contributed by atoms with Crippen molar-refractivity contribution in [1.82, 2.24) is 15.1 Å². The van der Waals surface area contributed by atoms with Gasteiger partial charge in [-0.25, -0.2) is 0 Å². The van der Waals surface area contributed by atoms with Crippen LogP contribution in [0.4, 0.5) is 0 Å². The Morgan fingerprint density at radius 2 is 1.85 bits per heavy atom. The van der Waals surface area contributed by atoms with Gasteiger partial charge in [-0.1, -0.05) is 29.7 Å². The van der Waals surface area contributed by atoms with Crippen LogP contribution in [0, 0.1) is 0 Å². The van der Waals surface area contributed by atoms with E-state index < -0.39 is 0 Å². The quantitative estimate of drug-likeness (QED) is 0.721. The molecule has 1 amide bonds. The molecule has 1 aliphatic rings. The summed E-state index contributed by atoms with van der Waals surface area (Å²) >= 11 is 0. The normalized spacial score (nSPS) is 14.9. The van der Waals surface area contributed by atoms with Crippen molar-refractivity contribution in [3.63, 3.8) is 0 Å². The van der Waals surface area contributed by atoms with E-state index in [1.165, 1.54) is 5.46 Å². The van der Waals surface area contributed by atoms with Gasteiger partial charge in [0.2, 0.25) is 0 Å². The van der Waals surface area contributed by atoms with Crippen LogP contribution in [0.25, 0.3) is 11.3 Å². The lowest BCUT2D eigenvalue weighted by Crippen LogP contribution is -2.57. The van der Waals surface area contributed by atoms with Crippen molar-refractivity contribution in [1.29, 1.82) is 0 Å². The second-order valence-electron chi connectivity index (χ2n) is 5.14. The molecular formula is C14H15BN4O. The molecule has 6 heteroatoms. The molecule has 2 aromatic rings. The van der Waals surface area contributed by atoms with Gasteiger partial charge in [0.05, 0.1) is 5.69 Å². The molecule has 2 N–H and O–H groups in total. The van der Waals surface area contributed by atoms with Gasteiger partial charge >= 0.3 is 0 Å². The van der Waals surface area contributed by atoms with Gasteiger partial charge < -0.3 is 10.6 Å². The molecule has 0 unspecified atom stereocenters. The van der Waals surface area contributed by atoms with Crippen LogP contribution >= 0.6 is 0 Å². The number of hydrogen-bond acceptors (Lipinski definition) is 4. The summed E-state index contributed by atoms with van der Waals surface area (Å²) in [5, 5.41) is 8.15. The van der Waals surface area contributed by atoms with Gasteiger partial charge in [-0.2, -0.15) is 0 Å². The summed E-state index contributed by atoms with van der Waals surface area (Å²) in [6.07, 6.45) is 0. The van der Waals surface area contributed by atoms with Crippen LogP contribution < -0.4 is 11.2 Å². The van der Waals surface area contributed by atoms with E-state index in [1.54, 1.807) is 11.0 Å². The van der Waals surface area contributed by atoms with Crippen LogP contribution in [0.15, 0.2) is 36.4 Å². The molecule has 0 saturated carbocycles. The van der Waals surface area contributed by atoms with Crippen LogP contribution in [0.5, 0.6) is 0 Å². The summed E-state index contributed by atoms with van der Waals surface area (Å²) in [4.78, 5) is 13.7. The molecule has 0 spiro atoms. The molecule has 1 fully saturated rings. The number of nitrogens with zero attached hydrogens (tertiary/aromatic N) is 3. The molecule has 1 saturated heterocycles. The predicted molar refractivity (Wildman–Crippen MR) is 79.5 cm³/mol. The number of rotatable bonds is 2. The smallest absolute Gasteiger partial charge is 0.274 e. The van der Waals surface area contributed by atoms with Gasteiger partial charge in [0.15, 0.2) is 5.69 Å². The highest BCUT2D eigenvalue weighted by atomic mass is 16.2. The Kier molecular flexibility index (Phi) is 3.24. The zero-order chi connectivity index (χ0) is 14.1. The zero-order valence-electron chi connectivity index (χ0n) is 11.3. The Labute approximate surface area is 118 Å². The summed E-state index contributed by atoms with van der Waals surface area (Å²) in [7, 11) is 2.04. The Balaban J connectivity index is 1.77.